The summed E-state index contributed by atoms with van der Waals surface area (Å²) in [4.78, 5) is 12.7. The van der Waals surface area contributed by atoms with Crippen LogP contribution in [0, 0.1) is 0 Å². The molecule has 0 radical (unpaired) electrons. The van der Waals surface area contributed by atoms with E-state index in [9.17, 15) is 4.79 Å². The predicted octanol–water partition coefficient (Wildman–Crippen LogP) is 0.808. The van der Waals surface area contributed by atoms with Gasteiger partial charge >= 0.3 is 6.03 Å². The molecule has 1 rings (SSSR count). The molecule has 0 aliphatic carbocycles. The van der Waals surface area contributed by atoms with Gasteiger partial charge in [0.1, 0.15) is 0 Å². The van der Waals surface area contributed by atoms with Gasteiger partial charge in [-0.1, -0.05) is 0 Å². The number of urea groups is 1. The summed E-state index contributed by atoms with van der Waals surface area (Å²) in [5, 5.41) is 2.88. The lowest BCUT2D eigenvalue weighted by molar-refractivity contribution is 0.217. The van der Waals surface area contributed by atoms with E-state index in [0.717, 1.165) is 0 Å². The molecule has 3 nitrogen and oxygen atoms in total. The van der Waals surface area contributed by atoms with E-state index >= 15 is 0 Å². The number of nitrogens with zero attached hydrogens (tertiary/aromatic N) is 1. The number of hydrogen-bond acceptors (Lipinski definition) is 1. The maximum atomic E-state index is 11.0. The summed E-state index contributed by atoms with van der Waals surface area (Å²) in [7, 11) is 1.81. The van der Waals surface area contributed by atoms with E-state index < -0.39 is 0 Å². The van der Waals surface area contributed by atoms with Gasteiger partial charge in [0, 0.05) is 7.05 Å². The average Bonchev–Trinajstić information content (AvgIpc) is 1.95. The lowest BCUT2D eigenvalue weighted by atomic mass is 9.98. The van der Waals surface area contributed by atoms with Crippen molar-refractivity contribution in [2.24, 2.45) is 0 Å². The summed E-state index contributed by atoms with van der Waals surface area (Å²) in [5.74, 6) is 0. The van der Waals surface area contributed by atoms with Gasteiger partial charge in [0.15, 0.2) is 0 Å². The van der Waals surface area contributed by atoms with Crippen molar-refractivity contribution in [3.8, 4) is 0 Å². The number of carbonyl (C=O) groups excluding carboxylic acids is 1. The third kappa shape index (κ3) is 0.856. The molecule has 1 N–H and O–H groups in total. The zero-order valence-corrected chi connectivity index (χ0v) is 6.93. The minimum absolute atomic E-state index is 0.0255. The first-order valence-corrected chi connectivity index (χ1v) is 3.50. The average molecular weight is 142 g/mol. The van der Waals surface area contributed by atoms with Crippen LogP contribution in [0.25, 0.3) is 0 Å². The van der Waals surface area contributed by atoms with E-state index in [-0.39, 0.29) is 17.6 Å². The summed E-state index contributed by atoms with van der Waals surface area (Å²) in [6.45, 7) is 6.09. The molecule has 58 valence electrons. The van der Waals surface area contributed by atoms with Crippen molar-refractivity contribution in [3.63, 3.8) is 0 Å². The highest BCUT2D eigenvalue weighted by atomic mass is 16.2. The largest absolute Gasteiger partial charge is 0.331 e. The Kier molecular flexibility index (Phi) is 1.38. The molecule has 1 atom stereocenters. The van der Waals surface area contributed by atoms with Crippen molar-refractivity contribution in [1.29, 1.82) is 0 Å². The molecule has 1 fully saturated rings. The van der Waals surface area contributed by atoms with Crippen LogP contribution in [-0.2, 0) is 0 Å². The molecule has 0 saturated carbocycles. The monoisotopic (exact) mass is 142 g/mol. The summed E-state index contributed by atoms with van der Waals surface area (Å²) >= 11 is 0. The Morgan fingerprint density at radius 3 is 2.20 bits per heavy atom. The zero-order chi connectivity index (χ0) is 7.94. The van der Waals surface area contributed by atoms with Crippen molar-refractivity contribution in [2.45, 2.75) is 32.4 Å². The van der Waals surface area contributed by atoms with Crippen molar-refractivity contribution in [2.75, 3.05) is 7.05 Å². The molecular formula is C7H14N2O. The topological polar surface area (TPSA) is 32.3 Å². The third-order valence-corrected chi connectivity index (χ3v) is 2.37. The minimum Gasteiger partial charge on any atom is -0.331 e. The van der Waals surface area contributed by atoms with Crippen LogP contribution < -0.4 is 5.32 Å². The molecule has 1 unspecified atom stereocenters. The third-order valence-electron chi connectivity index (χ3n) is 2.37. The first-order valence-electron chi connectivity index (χ1n) is 3.50. The molecule has 0 aromatic rings. The van der Waals surface area contributed by atoms with Crippen LogP contribution >= 0.6 is 0 Å². The zero-order valence-electron chi connectivity index (χ0n) is 6.93. The first kappa shape index (κ1) is 7.38. The lowest BCUT2D eigenvalue weighted by Gasteiger charge is -2.24. The second kappa shape index (κ2) is 1.87. The minimum atomic E-state index is -0.0775. The van der Waals surface area contributed by atoms with Crippen LogP contribution in [0.3, 0.4) is 0 Å². The van der Waals surface area contributed by atoms with Crippen molar-refractivity contribution < 1.29 is 4.79 Å². The summed E-state index contributed by atoms with van der Waals surface area (Å²) in [5.41, 5.74) is -0.0775. The number of amides is 2. The summed E-state index contributed by atoms with van der Waals surface area (Å²) in [6, 6.07) is 0.303. The molecule has 1 heterocycles. The molecule has 0 aromatic heterocycles. The molecule has 0 aromatic carbocycles. The van der Waals surface area contributed by atoms with Gasteiger partial charge in [-0.3, -0.25) is 0 Å². The Labute approximate surface area is 61.4 Å². The quantitative estimate of drug-likeness (QED) is 0.533. The highest BCUT2D eigenvalue weighted by Gasteiger charge is 2.39. The van der Waals surface area contributed by atoms with E-state index in [1.165, 1.54) is 0 Å². The second-order valence-corrected chi connectivity index (χ2v) is 3.44. The van der Waals surface area contributed by atoms with Crippen LogP contribution in [0.15, 0.2) is 0 Å². The number of carbonyl (C=O) groups is 1. The van der Waals surface area contributed by atoms with Gasteiger partial charge < -0.3 is 10.2 Å². The van der Waals surface area contributed by atoms with Crippen molar-refractivity contribution in [3.05, 3.63) is 0 Å². The fourth-order valence-electron chi connectivity index (χ4n) is 1.13. The Hall–Kier alpha value is -0.730. The van der Waals surface area contributed by atoms with Crippen LogP contribution in [0.4, 0.5) is 4.79 Å². The van der Waals surface area contributed by atoms with Crippen LogP contribution in [-0.4, -0.2) is 29.6 Å². The number of rotatable bonds is 0. The Morgan fingerprint density at radius 1 is 1.60 bits per heavy atom. The van der Waals surface area contributed by atoms with Crippen LogP contribution in [0.1, 0.15) is 20.8 Å². The summed E-state index contributed by atoms with van der Waals surface area (Å²) < 4.78 is 0. The smallest absolute Gasteiger partial charge is 0.317 e. The van der Waals surface area contributed by atoms with Crippen molar-refractivity contribution >= 4 is 6.03 Å². The number of nitrogens with one attached hydrogen (secondary N) is 1. The molecule has 0 spiro atoms. The van der Waals surface area contributed by atoms with Crippen molar-refractivity contribution in [1.82, 2.24) is 10.2 Å². The lowest BCUT2D eigenvalue weighted by Crippen LogP contribution is -2.41. The maximum absolute atomic E-state index is 11.0. The summed E-state index contributed by atoms with van der Waals surface area (Å²) in [6.07, 6.45) is 0. The molecule has 0 bridgehead atoms. The molecule has 1 aliphatic heterocycles. The van der Waals surface area contributed by atoms with E-state index in [0.29, 0.717) is 0 Å². The van der Waals surface area contributed by atoms with E-state index in [4.69, 9.17) is 0 Å². The molecule has 1 saturated heterocycles. The number of hydrogen-bond donors (Lipinski definition) is 1. The molecule has 10 heavy (non-hydrogen) atoms. The van der Waals surface area contributed by atoms with E-state index in [1.807, 2.05) is 27.8 Å². The molecule has 2 amide bonds. The highest BCUT2D eigenvalue weighted by Crippen LogP contribution is 2.20. The van der Waals surface area contributed by atoms with Gasteiger partial charge in [0.25, 0.3) is 0 Å². The first-order chi connectivity index (χ1) is 4.45. The van der Waals surface area contributed by atoms with Gasteiger partial charge in [-0.25, -0.2) is 4.79 Å². The van der Waals surface area contributed by atoms with E-state index in [1.54, 1.807) is 4.90 Å². The standard InChI is InChI=1S/C7H14N2O/c1-5-7(2,3)8-6(10)9(5)4/h5H,1-4H3,(H,8,10). The van der Waals surface area contributed by atoms with E-state index in [2.05, 4.69) is 5.32 Å². The highest BCUT2D eigenvalue weighted by molar-refractivity contribution is 5.78. The van der Waals surface area contributed by atoms with Crippen LogP contribution in [0.2, 0.25) is 0 Å². The Bertz CT molecular complexity index is 165. The SMILES string of the molecule is CC1N(C)C(=O)NC1(C)C. The van der Waals surface area contributed by atoms with Gasteiger partial charge in [0.2, 0.25) is 0 Å². The Balaban J connectivity index is 2.81. The molecule has 3 heteroatoms. The molecular weight excluding hydrogens is 128 g/mol. The van der Waals surface area contributed by atoms with Gasteiger partial charge in [-0.2, -0.15) is 0 Å². The van der Waals surface area contributed by atoms with Gasteiger partial charge in [-0.15, -0.1) is 0 Å². The predicted molar refractivity (Wildman–Crippen MR) is 39.8 cm³/mol. The fourth-order valence-corrected chi connectivity index (χ4v) is 1.13. The maximum Gasteiger partial charge on any atom is 0.317 e. The van der Waals surface area contributed by atoms with Gasteiger partial charge in [-0.05, 0) is 20.8 Å². The number of likely N-dealkylation sites (N-methyl/N-ethyl adjacent to an activating group) is 1. The molecule has 1 aliphatic rings. The second-order valence-electron chi connectivity index (χ2n) is 3.44. The van der Waals surface area contributed by atoms with Gasteiger partial charge in [0.05, 0.1) is 11.6 Å². The Morgan fingerprint density at radius 2 is 2.10 bits per heavy atom. The fraction of sp³-hybridized carbons (Fsp3) is 0.857. The normalized spacial score (nSPS) is 30.6. The van der Waals surface area contributed by atoms with Crippen LogP contribution in [0.5, 0.6) is 0 Å².